The van der Waals surface area contributed by atoms with Crippen LogP contribution in [0.25, 0.3) is 5.65 Å². The first-order valence-electron chi connectivity index (χ1n) is 9.92. The Morgan fingerprint density at radius 1 is 1.13 bits per heavy atom. The normalized spacial score (nSPS) is 16.6. The van der Waals surface area contributed by atoms with E-state index in [9.17, 15) is 9.59 Å². The Labute approximate surface area is 172 Å². The van der Waals surface area contributed by atoms with E-state index in [1.54, 1.807) is 34.8 Å². The maximum atomic E-state index is 12.9. The van der Waals surface area contributed by atoms with E-state index in [1.807, 2.05) is 0 Å². The molecule has 2 aliphatic heterocycles. The number of pyridine rings is 1. The zero-order valence-corrected chi connectivity index (χ0v) is 16.6. The monoisotopic (exact) mass is 410 g/mol. The second-order valence-corrected chi connectivity index (χ2v) is 7.36. The average Bonchev–Trinajstić information content (AvgIpc) is 3.30. The third-order valence-electron chi connectivity index (χ3n) is 5.40. The van der Waals surface area contributed by atoms with E-state index in [0.29, 0.717) is 49.1 Å². The number of aryl methyl sites for hydroxylation is 1. The maximum absolute atomic E-state index is 12.9. The quantitative estimate of drug-likeness (QED) is 0.663. The average molecular weight is 410 g/mol. The first-order valence-corrected chi connectivity index (χ1v) is 9.92. The SMILES string of the molecule is Cn1ncc(C(=O)N2CCC2)c1C(=O)Nc1ccc2nc(N3CCOCC3)nn2c1. The van der Waals surface area contributed by atoms with E-state index in [2.05, 4.69) is 25.4 Å². The Kier molecular flexibility index (Phi) is 4.58. The lowest BCUT2D eigenvalue weighted by Crippen LogP contribution is -2.42. The number of likely N-dealkylation sites (tertiary alicyclic amines) is 1. The van der Waals surface area contributed by atoms with Crippen LogP contribution in [-0.4, -0.2) is 80.5 Å². The Balaban J connectivity index is 1.37. The number of carbonyl (C=O) groups is 2. The summed E-state index contributed by atoms with van der Waals surface area (Å²) in [6.07, 6.45) is 4.14. The molecule has 0 unspecified atom stereocenters. The number of amides is 2. The van der Waals surface area contributed by atoms with Crippen LogP contribution in [0.15, 0.2) is 24.5 Å². The summed E-state index contributed by atoms with van der Waals surface area (Å²) < 4.78 is 8.43. The van der Waals surface area contributed by atoms with E-state index >= 15 is 0 Å². The highest BCUT2D eigenvalue weighted by Crippen LogP contribution is 2.19. The maximum Gasteiger partial charge on any atom is 0.274 e. The van der Waals surface area contributed by atoms with Crippen molar-refractivity contribution in [2.24, 2.45) is 7.05 Å². The van der Waals surface area contributed by atoms with Crippen molar-refractivity contribution in [3.05, 3.63) is 35.8 Å². The molecule has 0 atom stereocenters. The molecule has 30 heavy (non-hydrogen) atoms. The fraction of sp³-hybridized carbons (Fsp3) is 0.421. The van der Waals surface area contributed by atoms with Gasteiger partial charge in [-0.05, 0) is 18.6 Å². The number of nitrogens with zero attached hydrogens (tertiary/aromatic N) is 7. The number of hydrogen-bond donors (Lipinski definition) is 1. The van der Waals surface area contributed by atoms with Crippen LogP contribution in [0.3, 0.4) is 0 Å². The van der Waals surface area contributed by atoms with Gasteiger partial charge in [0, 0.05) is 33.2 Å². The van der Waals surface area contributed by atoms with Crippen molar-refractivity contribution in [1.82, 2.24) is 29.3 Å². The number of morpholine rings is 1. The lowest BCUT2D eigenvalue weighted by molar-refractivity contribution is 0.0648. The van der Waals surface area contributed by atoms with Gasteiger partial charge < -0.3 is 19.9 Å². The molecule has 2 fully saturated rings. The van der Waals surface area contributed by atoms with Crippen LogP contribution in [-0.2, 0) is 11.8 Å². The van der Waals surface area contributed by atoms with Gasteiger partial charge in [-0.2, -0.15) is 10.1 Å². The van der Waals surface area contributed by atoms with Crippen LogP contribution in [0.1, 0.15) is 27.3 Å². The lowest BCUT2D eigenvalue weighted by Gasteiger charge is -2.30. The number of fused-ring (bicyclic) bond motifs is 1. The third kappa shape index (κ3) is 3.26. The highest BCUT2D eigenvalue weighted by molar-refractivity contribution is 6.11. The van der Waals surface area contributed by atoms with E-state index < -0.39 is 5.91 Å². The van der Waals surface area contributed by atoms with Crippen molar-refractivity contribution in [1.29, 1.82) is 0 Å². The van der Waals surface area contributed by atoms with Gasteiger partial charge in [-0.3, -0.25) is 14.3 Å². The summed E-state index contributed by atoms with van der Waals surface area (Å²) >= 11 is 0. The van der Waals surface area contributed by atoms with E-state index in [4.69, 9.17) is 4.74 Å². The standard InChI is InChI=1S/C19H22N8O3/c1-24-16(14(11-20-24)18(29)25-5-2-6-25)17(28)21-13-3-4-15-22-19(23-27(15)12-13)26-7-9-30-10-8-26/h3-4,11-12H,2,5-10H2,1H3,(H,21,28). The predicted molar refractivity (Wildman–Crippen MR) is 108 cm³/mol. The van der Waals surface area contributed by atoms with Crippen LogP contribution in [0.4, 0.5) is 11.6 Å². The van der Waals surface area contributed by atoms with Crippen LogP contribution < -0.4 is 10.2 Å². The molecule has 2 saturated heterocycles. The van der Waals surface area contributed by atoms with Crippen molar-refractivity contribution in [3.63, 3.8) is 0 Å². The molecule has 3 aromatic heterocycles. The molecule has 11 nitrogen and oxygen atoms in total. The van der Waals surface area contributed by atoms with E-state index in [1.165, 1.54) is 10.9 Å². The highest BCUT2D eigenvalue weighted by atomic mass is 16.5. The Hall–Kier alpha value is -3.47. The lowest BCUT2D eigenvalue weighted by atomic mass is 10.1. The van der Waals surface area contributed by atoms with Gasteiger partial charge in [-0.1, -0.05) is 0 Å². The Morgan fingerprint density at radius 3 is 2.67 bits per heavy atom. The van der Waals surface area contributed by atoms with Gasteiger partial charge >= 0.3 is 0 Å². The van der Waals surface area contributed by atoms with Crippen molar-refractivity contribution in [2.75, 3.05) is 49.6 Å². The second-order valence-electron chi connectivity index (χ2n) is 7.36. The zero-order chi connectivity index (χ0) is 20.7. The molecule has 0 aliphatic carbocycles. The highest BCUT2D eigenvalue weighted by Gasteiger charge is 2.28. The molecule has 0 spiro atoms. The number of aromatic nitrogens is 5. The first kappa shape index (κ1) is 18.6. The molecule has 11 heteroatoms. The fourth-order valence-corrected chi connectivity index (χ4v) is 3.59. The van der Waals surface area contributed by atoms with Gasteiger partial charge in [-0.25, -0.2) is 4.52 Å². The minimum absolute atomic E-state index is 0.165. The Morgan fingerprint density at radius 2 is 1.93 bits per heavy atom. The van der Waals surface area contributed by atoms with Crippen molar-refractivity contribution in [2.45, 2.75) is 6.42 Å². The number of nitrogens with one attached hydrogen (secondary N) is 1. The zero-order valence-electron chi connectivity index (χ0n) is 16.6. The molecule has 0 saturated carbocycles. The summed E-state index contributed by atoms with van der Waals surface area (Å²) in [5.41, 5.74) is 1.78. The summed E-state index contributed by atoms with van der Waals surface area (Å²) in [5.74, 6) is 0.0731. The third-order valence-corrected chi connectivity index (χ3v) is 5.40. The van der Waals surface area contributed by atoms with Gasteiger partial charge in [0.15, 0.2) is 5.65 Å². The number of carbonyl (C=O) groups excluding carboxylic acids is 2. The molecular weight excluding hydrogens is 388 g/mol. The van der Waals surface area contributed by atoms with Gasteiger partial charge in [0.1, 0.15) is 5.69 Å². The molecule has 2 aliphatic rings. The molecular formula is C19H22N8O3. The molecule has 5 rings (SSSR count). The molecule has 0 bridgehead atoms. The molecule has 156 valence electrons. The van der Waals surface area contributed by atoms with Crippen LogP contribution in [0.2, 0.25) is 0 Å². The molecule has 3 aromatic rings. The van der Waals surface area contributed by atoms with Crippen molar-refractivity contribution >= 4 is 29.1 Å². The van der Waals surface area contributed by atoms with E-state index in [0.717, 1.165) is 19.5 Å². The smallest absolute Gasteiger partial charge is 0.274 e. The van der Waals surface area contributed by atoms with Crippen molar-refractivity contribution < 1.29 is 14.3 Å². The molecule has 0 radical (unpaired) electrons. The molecule has 1 N–H and O–H groups in total. The van der Waals surface area contributed by atoms with Gasteiger partial charge in [0.2, 0.25) is 5.95 Å². The largest absolute Gasteiger partial charge is 0.378 e. The number of rotatable bonds is 4. The topological polar surface area (TPSA) is 110 Å². The second kappa shape index (κ2) is 7.41. The molecule has 0 aromatic carbocycles. The van der Waals surface area contributed by atoms with E-state index in [-0.39, 0.29) is 11.6 Å². The first-order chi connectivity index (χ1) is 14.6. The number of ether oxygens (including phenoxy) is 1. The summed E-state index contributed by atoms with van der Waals surface area (Å²) in [4.78, 5) is 33.8. The van der Waals surface area contributed by atoms with Crippen molar-refractivity contribution in [3.8, 4) is 0 Å². The fourth-order valence-electron chi connectivity index (χ4n) is 3.59. The van der Waals surface area contributed by atoms with Crippen LogP contribution in [0, 0.1) is 0 Å². The minimum atomic E-state index is -0.397. The van der Waals surface area contributed by atoms with Gasteiger partial charge in [0.05, 0.1) is 36.9 Å². The number of hydrogen-bond acceptors (Lipinski definition) is 7. The minimum Gasteiger partial charge on any atom is -0.378 e. The summed E-state index contributed by atoms with van der Waals surface area (Å²) in [6.45, 7) is 4.22. The van der Waals surface area contributed by atoms with Crippen LogP contribution in [0.5, 0.6) is 0 Å². The summed E-state index contributed by atoms with van der Waals surface area (Å²) in [5, 5.41) is 11.5. The predicted octanol–water partition coefficient (Wildman–Crippen LogP) is 0.398. The van der Waals surface area contributed by atoms with Crippen LogP contribution >= 0.6 is 0 Å². The molecule has 2 amide bonds. The Bertz CT molecular complexity index is 1110. The summed E-state index contributed by atoms with van der Waals surface area (Å²) in [6, 6.07) is 3.56. The van der Waals surface area contributed by atoms with Gasteiger partial charge in [-0.15, -0.1) is 5.10 Å². The van der Waals surface area contributed by atoms with Gasteiger partial charge in [0.25, 0.3) is 11.8 Å². The molecule has 5 heterocycles. The summed E-state index contributed by atoms with van der Waals surface area (Å²) in [7, 11) is 1.65. The number of anilines is 2.